The molecule has 5 N–H and O–H groups in total. The lowest BCUT2D eigenvalue weighted by Crippen LogP contribution is -2.33. The van der Waals surface area contributed by atoms with E-state index in [9.17, 15) is 5.11 Å². The van der Waals surface area contributed by atoms with Crippen LogP contribution in [0.4, 0.5) is 0 Å². The van der Waals surface area contributed by atoms with E-state index in [2.05, 4.69) is 15.9 Å². The number of hydrogen-bond acceptors (Lipinski definition) is 3. The molecule has 0 fully saturated rings. The second-order valence-corrected chi connectivity index (χ2v) is 4.22. The summed E-state index contributed by atoms with van der Waals surface area (Å²) in [6, 6.07) is 4.82. The zero-order chi connectivity index (χ0) is 10.7. The average molecular weight is 259 g/mol. The zero-order valence-corrected chi connectivity index (χ0v) is 9.66. The van der Waals surface area contributed by atoms with Crippen LogP contribution in [-0.4, -0.2) is 11.1 Å². The molecule has 0 aliphatic rings. The molecule has 78 valence electrons. The summed E-state index contributed by atoms with van der Waals surface area (Å²) in [7, 11) is 0. The molecule has 0 saturated carbocycles. The molecule has 0 aromatic heterocycles. The molecule has 0 radical (unpaired) electrons. The first-order valence-electron chi connectivity index (χ1n) is 4.55. The summed E-state index contributed by atoms with van der Waals surface area (Å²) >= 11 is 3.27. The molecule has 0 spiro atoms. The van der Waals surface area contributed by atoms with Gasteiger partial charge in [-0.05, 0) is 18.6 Å². The number of phenols is 1. The summed E-state index contributed by atoms with van der Waals surface area (Å²) in [5.74, 6) is 0.191. The van der Waals surface area contributed by atoms with Crippen LogP contribution in [-0.2, 0) is 0 Å². The average Bonchev–Trinajstić information content (AvgIpc) is 2.15. The van der Waals surface area contributed by atoms with E-state index in [0.717, 1.165) is 10.9 Å². The van der Waals surface area contributed by atoms with Crippen molar-refractivity contribution in [2.75, 3.05) is 0 Å². The van der Waals surface area contributed by atoms with Crippen molar-refractivity contribution in [3.8, 4) is 5.75 Å². The smallest absolute Gasteiger partial charge is 0.121 e. The van der Waals surface area contributed by atoms with Crippen LogP contribution in [0.5, 0.6) is 5.75 Å². The highest BCUT2D eigenvalue weighted by Gasteiger charge is 2.16. The highest BCUT2D eigenvalue weighted by atomic mass is 79.9. The predicted molar refractivity (Wildman–Crippen MR) is 61.0 cm³/mol. The maximum absolute atomic E-state index is 9.64. The van der Waals surface area contributed by atoms with Crippen molar-refractivity contribution in [2.24, 2.45) is 11.5 Å². The zero-order valence-electron chi connectivity index (χ0n) is 8.07. The maximum atomic E-state index is 9.64. The third-order valence-corrected chi connectivity index (χ3v) is 2.78. The molecule has 0 unspecified atom stereocenters. The van der Waals surface area contributed by atoms with E-state index in [1.165, 1.54) is 0 Å². The van der Waals surface area contributed by atoms with Crippen LogP contribution in [0, 0.1) is 0 Å². The Morgan fingerprint density at radius 3 is 2.57 bits per heavy atom. The SMILES string of the molecule is CC[C@H](N)[C@@H](N)c1ccc(Br)cc1O. The first-order valence-corrected chi connectivity index (χ1v) is 5.35. The number of halogens is 1. The Bertz CT molecular complexity index is 317. The van der Waals surface area contributed by atoms with Gasteiger partial charge in [-0.25, -0.2) is 0 Å². The summed E-state index contributed by atoms with van der Waals surface area (Å²) in [5, 5.41) is 9.64. The van der Waals surface area contributed by atoms with Gasteiger partial charge in [0.15, 0.2) is 0 Å². The van der Waals surface area contributed by atoms with Gasteiger partial charge in [0.2, 0.25) is 0 Å². The third-order valence-electron chi connectivity index (χ3n) is 2.28. The van der Waals surface area contributed by atoms with Gasteiger partial charge in [0.1, 0.15) is 5.75 Å². The third kappa shape index (κ3) is 2.47. The summed E-state index contributed by atoms with van der Waals surface area (Å²) in [6.45, 7) is 1.97. The van der Waals surface area contributed by atoms with Crippen LogP contribution < -0.4 is 11.5 Å². The van der Waals surface area contributed by atoms with Crippen molar-refractivity contribution in [2.45, 2.75) is 25.4 Å². The molecule has 0 amide bonds. The second-order valence-electron chi connectivity index (χ2n) is 3.30. The van der Waals surface area contributed by atoms with Crippen molar-refractivity contribution >= 4 is 15.9 Å². The summed E-state index contributed by atoms with van der Waals surface area (Å²) < 4.78 is 0.830. The van der Waals surface area contributed by atoms with Crippen molar-refractivity contribution in [1.29, 1.82) is 0 Å². The highest BCUT2D eigenvalue weighted by Crippen LogP contribution is 2.28. The van der Waals surface area contributed by atoms with Crippen LogP contribution in [0.3, 0.4) is 0 Å². The number of aromatic hydroxyl groups is 1. The second kappa shape index (κ2) is 4.77. The quantitative estimate of drug-likeness (QED) is 0.776. The molecule has 0 saturated heterocycles. The lowest BCUT2D eigenvalue weighted by molar-refractivity contribution is 0.446. The molecule has 1 aromatic rings. The van der Waals surface area contributed by atoms with Crippen molar-refractivity contribution in [1.82, 2.24) is 0 Å². The molecule has 0 bridgehead atoms. The van der Waals surface area contributed by atoms with E-state index in [1.54, 1.807) is 12.1 Å². The van der Waals surface area contributed by atoms with Gasteiger partial charge in [-0.3, -0.25) is 0 Å². The molecule has 14 heavy (non-hydrogen) atoms. The van der Waals surface area contributed by atoms with E-state index in [4.69, 9.17) is 11.5 Å². The van der Waals surface area contributed by atoms with Gasteiger partial charge >= 0.3 is 0 Å². The minimum atomic E-state index is -0.312. The Kier molecular flexibility index (Phi) is 3.92. The Morgan fingerprint density at radius 1 is 1.43 bits per heavy atom. The largest absolute Gasteiger partial charge is 0.508 e. The molecular formula is C10H15BrN2O. The first-order chi connectivity index (χ1) is 6.56. The lowest BCUT2D eigenvalue weighted by atomic mass is 9.98. The summed E-state index contributed by atoms with van der Waals surface area (Å²) in [5.41, 5.74) is 12.4. The normalized spacial score (nSPS) is 15.1. The van der Waals surface area contributed by atoms with E-state index in [0.29, 0.717) is 5.56 Å². The fourth-order valence-electron chi connectivity index (χ4n) is 1.28. The molecular weight excluding hydrogens is 244 g/mol. The molecule has 1 rings (SSSR count). The fraction of sp³-hybridized carbons (Fsp3) is 0.400. The minimum absolute atomic E-state index is 0.123. The van der Waals surface area contributed by atoms with E-state index < -0.39 is 0 Å². The van der Waals surface area contributed by atoms with Gasteiger partial charge in [0.05, 0.1) is 0 Å². The predicted octanol–water partition coefficient (Wildman–Crippen LogP) is 1.89. The van der Waals surface area contributed by atoms with Gasteiger partial charge in [-0.1, -0.05) is 28.9 Å². The Hall–Kier alpha value is -0.580. The van der Waals surface area contributed by atoms with Gasteiger partial charge in [-0.2, -0.15) is 0 Å². The van der Waals surface area contributed by atoms with Gasteiger partial charge in [0.25, 0.3) is 0 Å². The molecule has 0 heterocycles. The Balaban J connectivity index is 2.95. The van der Waals surface area contributed by atoms with Crippen molar-refractivity contribution in [3.05, 3.63) is 28.2 Å². The molecule has 4 heteroatoms. The van der Waals surface area contributed by atoms with Crippen molar-refractivity contribution < 1.29 is 5.11 Å². The molecule has 0 aliphatic carbocycles. The fourth-order valence-corrected chi connectivity index (χ4v) is 1.63. The monoisotopic (exact) mass is 258 g/mol. The van der Waals surface area contributed by atoms with E-state index in [1.807, 2.05) is 13.0 Å². The standard InChI is InChI=1S/C10H15BrN2O/c1-2-8(12)10(13)7-4-3-6(11)5-9(7)14/h3-5,8,10,14H,2,12-13H2,1H3/t8-,10-/m0/s1. The van der Waals surface area contributed by atoms with E-state index >= 15 is 0 Å². The lowest BCUT2D eigenvalue weighted by Gasteiger charge is -2.19. The molecule has 0 aliphatic heterocycles. The Labute approximate surface area is 92.2 Å². The number of rotatable bonds is 3. The van der Waals surface area contributed by atoms with E-state index in [-0.39, 0.29) is 17.8 Å². The van der Waals surface area contributed by atoms with Gasteiger partial charge < -0.3 is 16.6 Å². The molecule has 2 atom stereocenters. The Morgan fingerprint density at radius 2 is 2.07 bits per heavy atom. The van der Waals surface area contributed by atoms with Crippen LogP contribution in [0.15, 0.2) is 22.7 Å². The van der Waals surface area contributed by atoms with Crippen LogP contribution in [0.2, 0.25) is 0 Å². The first kappa shape index (κ1) is 11.5. The summed E-state index contributed by atoms with van der Waals surface area (Å²) in [4.78, 5) is 0. The van der Waals surface area contributed by atoms with Gasteiger partial charge in [0, 0.05) is 22.1 Å². The number of benzene rings is 1. The molecule has 3 nitrogen and oxygen atoms in total. The topological polar surface area (TPSA) is 72.3 Å². The van der Waals surface area contributed by atoms with Crippen LogP contribution in [0.25, 0.3) is 0 Å². The van der Waals surface area contributed by atoms with Crippen molar-refractivity contribution in [3.63, 3.8) is 0 Å². The highest BCUT2D eigenvalue weighted by molar-refractivity contribution is 9.10. The number of hydrogen-bond donors (Lipinski definition) is 3. The maximum Gasteiger partial charge on any atom is 0.121 e. The van der Waals surface area contributed by atoms with Crippen LogP contribution >= 0.6 is 15.9 Å². The van der Waals surface area contributed by atoms with Crippen LogP contribution in [0.1, 0.15) is 24.9 Å². The number of phenolic OH excluding ortho intramolecular Hbond substituents is 1. The van der Waals surface area contributed by atoms with Gasteiger partial charge in [-0.15, -0.1) is 0 Å². The summed E-state index contributed by atoms with van der Waals surface area (Å²) in [6.07, 6.45) is 0.788. The minimum Gasteiger partial charge on any atom is -0.508 e. The number of nitrogens with two attached hydrogens (primary N) is 2. The molecule has 1 aromatic carbocycles.